The molecule has 0 aromatic heterocycles. The Hall–Kier alpha value is -3.19. The van der Waals surface area contributed by atoms with Crippen molar-refractivity contribution in [3.8, 4) is 0 Å². The van der Waals surface area contributed by atoms with Crippen LogP contribution in [0.4, 0.5) is 0 Å². The van der Waals surface area contributed by atoms with Crippen molar-refractivity contribution in [2.24, 2.45) is 5.10 Å². The molecule has 0 heterocycles. The lowest BCUT2D eigenvalue weighted by Crippen LogP contribution is -2.36. The number of carbonyl (C=O) groups is 3. The molecule has 7 nitrogen and oxygen atoms in total. The highest BCUT2D eigenvalue weighted by Crippen LogP contribution is 2.09. The number of amides is 2. The zero-order valence-electron chi connectivity index (χ0n) is 15.0. The monoisotopic (exact) mass is 400 g/mol. The molecular formula is C20H19ClN3O4-. The molecule has 28 heavy (non-hydrogen) atoms. The van der Waals surface area contributed by atoms with Crippen LogP contribution in [0.25, 0.3) is 0 Å². The van der Waals surface area contributed by atoms with E-state index in [2.05, 4.69) is 15.8 Å². The predicted molar refractivity (Wildman–Crippen MR) is 104 cm³/mol. The van der Waals surface area contributed by atoms with E-state index < -0.39 is 11.9 Å². The highest BCUT2D eigenvalue weighted by Gasteiger charge is 2.08. The maximum Gasteiger partial charge on any atom is 0.259 e. The molecule has 0 fully saturated rings. The van der Waals surface area contributed by atoms with E-state index in [1.54, 1.807) is 48.5 Å². The molecule has 0 saturated heterocycles. The van der Waals surface area contributed by atoms with Gasteiger partial charge in [0, 0.05) is 11.0 Å². The Labute approximate surface area is 167 Å². The number of halogens is 1. The standard InChI is InChI=1S/C20H20ClN3O4/c21-16-8-6-14(7-9-16)12-18(25)22-13-19(26)24-23-17(10-11-20(27)28)15-4-2-1-3-5-15/h1-9H,10-13H2,(H,22,25)(H,24,26)(H,27,28)/p-1/b23-17+. The Morgan fingerprint density at radius 2 is 1.61 bits per heavy atom. The molecule has 2 amide bonds. The first-order valence-corrected chi connectivity index (χ1v) is 8.93. The van der Waals surface area contributed by atoms with E-state index in [0.717, 1.165) is 5.56 Å². The average molecular weight is 401 g/mol. The van der Waals surface area contributed by atoms with Gasteiger partial charge < -0.3 is 15.2 Å². The van der Waals surface area contributed by atoms with Crippen molar-refractivity contribution in [2.75, 3.05) is 6.54 Å². The van der Waals surface area contributed by atoms with E-state index in [1.165, 1.54) is 0 Å². The van der Waals surface area contributed by atoms with Gasteiger partial charge in [-0.25, -0.2) is 5.43 Å². The van der Waals surface area contributed by atoms with Gasteiger partial charge in [-0.2, -0.15) is 5.10 Å². The van der Waals surface area contributed by atoms with Crippen LogP contribution in [-0.2, 0) is 20.8 Å². The van der Waals surface area contributed by atoms with Crippen molar-refractivity contribution in [1.29, 1.82) is 0 Å². The van der Waals surface area contributed by atoms with E-state index in [9.17, 15) is 19.5 Å². The number of rotatable bonds is 9. The molecule has 2 aromatic rings. The highest BCUT2D eigenvalue weighted by atomic mass is 35.5. The average Bonchev–Trinajstić information content (AvgIpc) is 2.68. The molecular weight excluding hydrogens is 382 g/mol. The van der Waals surface area contributed by atoms with Gasteiger partial charge in [-0.15, -0.1) is 0 Å². The summed E-state index contributed by atoms with van der Waals surface area (Å²) in [6, 6.07) is 15.7. The van der Waals surface area contributed by atoms with Gasteiger partial charge in [-0.1, -0.05) is 54.1 Å². The Bertz CT molecular complexity index is 852. The van der Waals surface area contributed by atoms with Crippen LogP contribution in [-0.4, -0.2) is 30.0 Å². The minimum atomic E-state index is -1.20. The summed E-state index contributed by atoms with van der Waals surface area (Å²) < 4.78 is 0. The number of carbonyl (C=O) groups excluding carboxylic acids is 3. The van der Waals surface area contributed by atoms with Crippen molar-refractivity contribution in [3.63, 3.8) is 0 Å². The topological polar surface area (TPSA) is 111 Å². The molecule has 0 aliphatic rings. The summed E-state index contributed by atoms with van der Waals surface area (Å²) >= 11 is 5.79. The summed E-state index contributed by atoms with van der Waals surface area (Å²) in [5.74, 6) is -2.04. The Morgan fingerprint density at radius 1 is 0.929 bits per heavy atom. The molecule has 0 atom stereocenters. The third-order valence-electron chi connectivity index (χ3n) is 3.71. The molecule has 8 heteroatoms. The molecule has 2 rings (SSSR count). The van der Waals surface area contributed by atoms with E-state index in [0.29, 0.717) is 16.3 Å². The first kappa shape index (κ1) is 21.1. The molecule has 0 radical (unpaired) electrons. The zero-order valence-corrected chi connectivity index (χ0v) is 15.7. The van der Waals surface area contributed by atoms with E-state index in [-0.39, 0.29) is 31.7 Å². The smallest absolute Gasteiger partial charge is 0.259 e. The molecule has 2 aromatic carbocycles. The first-order chi connectivity index (χ1) is 13.4. The van der Waals surface area contributed by atoms with Gasteiger partial charge >= 0.3 is 0 Å². The third kappa shape index (κ3) is 7.59. The van der Waals surface area contributed by atoms with Crippen LogP contribution in [0.2, 0.25) is 5.02 Å². The largest absolute Gasteiger partial charge is 0.550 e. The van der Waals surface area contributed by atoms with Crippen LogP contribution >= 0.6 is 11.6 Å². The normalized spacial score (nSPS) is 11.0. The van der Waals surface area contributed by atoms with Gasteiger partial charge in [0.1, 0.15) is 0 Å². The molecule has 0 spiro atoms. The van der Waals surface area contributed by atoms with E-state index >= 15 is 0 Å². The summed E-state index contributed by atoms with van der Waals surface area (Å²) in [6.45, 7) is -0.252. The maximum atomic E-state index is 11.9. The highest BCUT2D eigenvalue weighted by molar-refractivity contribution is 6.30. The molecule has 0 bridgehead atoms. The van der Waals surface area contributed by atoms with Gasteiger partial charge in [-0.05, 0) is 36.1 Å². The minimum absolute atomic E-state index is 0.107. The number of carboxylic acid groups (broad SMARTS) is 1. The van der Waals surface area contributed by atoms with Crippen LogP contribution < -0.4 is 15.8 Å². The lowest BCUT2D eigenvalue weighted by atomic mass is 10.1. The van der Waals surface area contributed by atoms with Gasteiger partial charge in [0.15, 0.2) is 0 Å². The summed E-state index contributed by atoms with van der Waals surface area (Å²) in [6.07, 6.45) is 0.00553. The fourth-order valence-corrected chi connectivity index (χ4v) is 2.44. The van der Waals surface area contributed by atoms with Crippen molar-refractivity contribution in [3.05, 3.63) is 70.7 Å². The molecule has 0 unspecified atom stereocenters. The van der Waals surface area contributed by atoms with Crippen molar-refractivity contribution >= 4 is 35.1 Å². The summed E-state index contributed by atoms with van der Waals surface area (Å²) in [5, 5.41) is 17.8. The number of hydrogen-bond acceptors (Lipinski definition) is 5. The predicted octanol–water partition coefficient (Wildman–Crippen LogP) is 1.05. The number of nitrogens with one attached hydrogen (secondary N) is 2. The van der Waals surface area contributed by atoms with Crippen LogP contribution in [0.1, 0.15) is 24.0 Å². The second-order valence-electron chi connectivity index (χ2n) is 5.91. The number of hydrazone groups is 1. The second kappa shape index (κ2) is 10.8. The maximum absolute atomic E-state index is 11.9. The Kier molecular flexibility index (Phi) is 8.17. The number of benzene rings is 2. The zero-order chi connectivity index (χ0) is 20.4. The molecule has 0 aliphatic carbocycles. The third-order valence-corrected chi connectivity index (χ3v) is 3.96. The van der Waals surface area contributed by atoms with Crippen LogP contribution in [0.3, 0.4) is 0 Å². The lowest BCUT2D eigenvalue weighted by Gasteiger charge is -2.09. The SMILES string of the molecule is O=C([O-])CC/C(=N\NC(=O)CNC(=O)Cc1ccc(Cl)cc1)c1ccccc1. The fraction of sp³-hybridized carbons (Fsp3) is 0.200. The lowest BCUT2D eigenvalue weighted by molar-refractivity contribution is -0.305. The number of carboxylic acids is 1. The van der Waals surface area contributed by atoms with E-state index in [4.69, 9.17) is 11.6 Å². The summed E-state index contributed by atoms with van der Waals surface area (Å²) in [5.41, 5.74) is 4.21. The van der Waals surface area contributed by atoms with Gasteiger partial charge in [0.05, 0.1) is 18.7 Å². The number of nitrogens with zero attached hydrogens (tertiary/aromatic N) is 1. The number of hydrogen-bond donors (Lipinski definition) is 2. The van der Waals surface area contributed by atoms with Gasteiger partial charge in [-0.3, -0.25) is 9.59 Å². The fourth-order valence-electron chi connectivity index (χ4n) is 2.31. The van der Waals surface area contributed by atoms with Crippen LogP contribution in [0.15, 0.2) is 59.7 Å². The second-order valence-corrected chi connectivity index (χ2v) is 6.35. The van der Waals surface area contributed by atoms with Crippen molar-refractivity contribution < 1.29 is 19.5 Å². The van der Waals surface area contributed by atoms with Gasteiger partial charge in [0.2, 0.25) is 5.91 Å². The Morgan fingerprint density at radius 3 is 2.25 bits per heavy atom. The summed E-state index contributed by atoms with van der Waals surface area (Å²) in [4.78, 5) is 34.6. The number of aliphatic carboxylic acids is 1. The van der Waals surface area contributed by atoms with Crippen LogP contribution in [0, 0.1) is 0 Å². The van der Waals surface area contributed by atoms with Crippen molar-refractivity contribution in [2.45, 2.75) is 19.3 Å². The van der Waals surface area contributed by atoms with Crippen molar-refractivity contribution in [1.82, 2.24) is 10.7 Å². The van der Waals surface area contributed by atoms with Crippen LogP contribution in [0.5, 0.6) is 0 Å². The van der Waals surface area contributed by atoms with E-state index in [1.807, 2.05) is 6.07 Å². The molecule has 0 aliphatic heterocycles. The molecule has 2 N–H and O–H groups in total. The van der Waals surface area contributed by atoms with Gasteiger partial charge in [0.25, 0.3) is 5.91 Å². The first-order valence-electron chi connectivity index (χ1n) is 8.56. The molecule has 146 valence electrons. The summed E-state index contributed by atoms with van der Waals surface area (Å²) in [7, 11) is 0. The quantitative estimate of drug-likeness (QED) is 0.484. The Balaban J connectivity index is 1.87. The minimum Gasteiger partial charge on any atom is -0.550 e. The molecule has 0 saturated carbocycles.